The number of carbonyl (C=O) groups excluding carboxylic acids is 1. The molecule has 0 saturated heterocycles. The number of carbonyl (C=O) groups is 1. The standard InChI is InChI=1S/C16H25FN2OS/c1-5-10-18-15-13(7-6-8-14(15)17)16(20)19(3)12(2)9-11-21-4/h6-8,12,18H,5,9-11H2,1-4H3. The highest BCUT2D eigenvalue weighted by molar-refractivity contribution is 7.98. The first-order valence-corrected chi connectivity index (χ1v) is 8.70. The summed E-state index contributed by atoms with van der Waals surface area (Å²) >= 11 is 1.76. The molecule has 0 radical (unpaired) electrons. The second-order valence-corrected chi connectivity index (χ2v) is 6.12. The summed E-state index contributed by atoms with van der Waals surface area (Å²) in [6.45, 7) is 4.67. The summed E-state index contributed by atoms with van der Waals surface area (Å²) in [6.07, 6.45) is 3.85. The maximum absolute atomic E-state index is 14.0. The van der Waals surface area contributed by atoms with Crippen LogP contribution in [-0.4, -0.2) is 42.4 Å². The van der Waals surface area contributed by atoms with E-state index < -0.39 is 0 Å². The topological polar surface area (TPSA) is 32.3 Å². The van der Waals surface area contributed by atoms with E-state index in [9.17, 15) is 9.18 Å². The Morgan fingerprint density at radius 2 is 2.19 bits per heavy atom. The first-order chi connectivity index (χ1) is 10.0. The van der Waals surface area contributed by atoms with Crippen LogP contribution in [0.5, 0.6) is 0 Å². The van der Waals surface area contributed by atoms with Crippen LogP contribution in [0.25, 0.3) is 0 Å². The Kier molecular flexibility index (Phi) is 7.57. The molecule has 1 rings (SSSR count). The van der Waals surface area contributed by atoms with Crippen molar-refractivity contribution in [3.05, 3.63) is 29.6 Å². The quantitative estimate of drug-likeness (QED) is 0.791. The van der Waals surface area contributed by atoms with Gasteiger partial charge in [0.15, 0.2) is 0 Å². The summed E-state index contributed by atoms with van der Waals surface area (Å²) in [6, 6.07) is 4.78. The molecule has 0 bridgehead atoms. The molecule has 1 N–H and O–H groups in total. The van der Waals surface area contributed by atoms with E-state index >= 15 is 0 Å². The first kappa shape index (κ1) is 17.8. The molecule has 5 heteroatoms. The van der Waals surface area contributed by atoms with Crippen molar-refractivity contribution in [2.75, 3.05) is 30.9 Å². The maximum atomic E-state index is 14.0. The van der Waals surface area contributed by atoms with Gasteiger partial charge in [0.1, 0.15) is 5.82 Å². The molecule has 1 aromatic carbocycles. The lowest BCUT2D eigenvalue weighted by atomic mass is 10.1. The number of hydrogen-bond donors (Lipinski definition) is 1. The van der Waals surface area contributed by atoms with Gasteiger partial charge in [0, 0.05) is 19.6 Å². The van der Waals surface area contributed by atoms with Crippen molar-refractivity contribution in [2.24, 2.45) is 0 Å². The number of nitrogens with zero attached hydrogens (tertiary/aromatic N) is 1. The molecule has 0 aromatic heterocycles. The zero-order valence-corrected chi connectivity index (χ0v) is 14.1. The Balaban J connectivity index is 2.92. The molecule has 1 aromatic rings. The molecule has 1 atom stereocenters. The van der Waals surface area contributed by atoms with Crippen molar-refractivity contribution in [1.29, 1.82) is 0 Å². The predicted octanol–water partition coefficient (Wildman–Crippen LogP) is 3.86. The van der Waals surface area contributed by atoms with E-state index in [2.05, 4.69) is 5.32 Å². The lowest BCUT2D eigenvalue weighted by Crippen LogP contribution is -2.36. The molecule has 0 aliphatic rings. The number of nitrogens with one attached hydrogen (secondary N) is 1. The lowest BCUT2D eigenvalue weighted by Gasteiger charge is -2.26. The van der Waals surface area contributed by atoms with Gasteiger partial charge in [0.2, 0.25) is 0 Å². The van der Waals surface area contributed by atoms with Gasteiger partial charge >= 0.3 is 0 Å². The van der Waals surface area contributed by atoms with Crippen molar-refractivity contribution in [2.45, 2.75) is 32.7 Å². The van der Waals surface area contributed by atoms with E-state index in [-0.39, 0.29) is 17.8 Å². The Hall–Kier alpha value is -1.23. The molecule has 3 nitrogen and oxygen atoms in total. The average Bonchev–Trinajstić information content (AvgIpc) is 2.49. The van der Waals surface area contributed by atoms with Crippen LogP contribution in [0, 0.1) is 5.82 Å². The predicted molar refractivity (Wildman–Crippen MR) is 89.7 cm³/mol. The van der Waals surface area contributed by atoms with Gasteiger partial charge in [-0.05, 0) is 43.9 Å². The number of hydrogen-bond acceptors (Lipinski definition) is 3. The van der Waals surface area contributed by atoms with Crippen molar-refractivity contribution < 1.29 is 9.18 Å². The van der Waals surface area contributed by atoms with Gasteiger partial charge in [0.05, 0.1) is 11.3 Å². The zero-order chi connectivity index (χ0) is 15.8. The minimum atomic E-state index is -0.375. The Morgan fingerprint density at radius 3 is 2.81 bits per heavy atom. The minimum Gasteiger partial charge on any atom is -0.382 e. The van der Waals surface area contributed by atoms with Crippen molar-refractivity contribution in [1.82, 2.24) is 4.90 Å². The monoisotopic (exact) mass is 312 g/mol. The molecule has 0 saturated carbocycles. The fourth-order valence-corrected chi connectivity index (χ4v) is 2.58. The van der Waals surface area contributed by atoms with Gasteiger partial charge in [-0.15, -0.1) is 0 Å². The second-order valence-electron chi connectivity index (χ2n) is 5.14. The van der Waals surface area contributed by atoms with Crippen molar-refractivity contribution >= 4 is 23.4 Å². The van der Waals surface area contributed by atoms with E-state index in [0.29, 0.717) is 17.8 Å². The molecule has 0 spiro atoms. The molecule has 1 unspecified atom stereocenters. The number of rotatable bonds is 8. The first-order valence-electron chi connectivity index (χ1n) is 7.31. The Bertz CT molecular complexity index is 468. The number of halogens is 1. The van der Waals surface area contributed by atoms with Gasteiger partial charge in [0.25, 0.3) is 5.91 Å². The highest BCUT2D eigenvalue weighted by atomic mass is 32.2. The number of amides is 1. The van der Waals surface area contributed by atoms with Crippen LogP contribution in [0.3, 0.4) is 0 Å². The van der Waals surface area contributed by atoms with Gasteiger partial charge in [-0.1, -0.05) is 13.0 Å². The number of benzene rings is 1. The zero-order valence-electron chi connectivity index (χ0n) is 13.3. The van der Waals surface area contributed by atoms with E-state index in [1.165, 1.54) is 6.07 Å². The second kappa shape index (κ2) is 8.93. The SMILES string of the molecule is CCCNc1c(F)cccc1C(=O)N(C)C(C)CCSC. The fourth-order valence-electron chi connectivity index (χ4n) is 2.00. The third-order valence-electron chi connectivity index (χ3n) is 3.52. The number of para-hydroxylation sites is 1. The maximum Gasteiger partial charge on any atom is 0.256 e. The Morgan fingerprint density at radius 1 is 1.48 bits per heavy atom. The van der Waals surface area contributed by atoms with Crippen LogP contribution in [0.2, 0.25) is 0 Å². The van der Waals surface area contributed by atoms with E-state index in [1.54, 1.807) is 35.8 Å². The van der Waals surface area contributed by atoms with Crippen LogP contribution in [-0.2, 0) is 0 Å². The molecule has 118 valence electrons. The molecule has 21 heavy (non-hydrogen) atoms. The summed E-state index contributed by atoms with van der Waals surface area (Å²) < 4.78 is 14.0. The highest BCUT2D eigenvalue weighted by Gasteiger charge is 2.21. The van der Waals surface area contributed by atoms with Gasteiger partial charge < -0.3 is 10.2 Å². The van der Waals surface area contributed by atoms with Gasteiger partial charge in [-0.2, -0.15) is 11.8 Å². The molecule has 1 amide bonds. The third-order valence-corrected chi connectivity index (χ3v) is 4.16. The summed E-state index contributed by atoms with van der Waals surface area (Å²) in [7, 11) is 1.78. The third kappa shape index (κ3) is 4.92. The van der Waals surface area contributed by atoms with Crippen LogP contribution in [0.15, 0.2) is 18.2 Å². The summed E-state index contributed by atoms with van der Waals surface area (Å²) in [5.41, 5.74) is 0.718. The van der Waals surface area contributed by atoms with Crippen LogP contribution in [0.4, 0.5) is 10.1 Å². The van der Waals surface area contributed by atoms with Crippen LogP contribution in [0.1, 0.15) is 37.0 Å². The molecular formula is C16H25FN2OS. The average molecular weight is 312 g/mol. The van der Waals surface area contributed by atoms with E-state index in [4.69, 9.17) is 0 Å². The molecule has 0 aliphatic heterocycles. The molecule has 0 heterocycles. The molecule has 0 fully saturated rings. The van der Waals surface area contributed by atoms with Crippen LogP contribution >= 0.6 is 11.8 Å². The fraction of sp³-hybridized carbons (Fsp3) is 0.562. The summed E-state index contributed by atoms with van der Waals surface area (Å²) in [4.78, 5) is 14.3. The normalized spacial score (nSPS) is 12.0. The van der Waals surface area contributed by atoms with Gasteiger partial charge in [-0.3, -0.25) is 4.79 Å². The van der Waals surface area contributed by atoms with E-state index in [0.717, 1.165) is 18.6 Å². The van der Waals surface area contributed by atoms with Gasteiger partial charge in [-0.25, -0.2) is 4.39 Å². The van der Waals surface area contributed by atoms with Crippen molar-refractivity contribution in [3.8, 4) is 0 Å². The highest BCUT2D eigenvalue weighted by Crippen LogP contribution is 2.22. The minimum absolute atomic E-state index is 0.132. The molecular weight excluding hydrogens is 287 g/mol. The molecule has 0 aliphatic carbocycles. The smallest absolute Gasteiger partial charge is 0.256 e. The largest absolute Gasteiger partial charge is 0.382 e. The number of thioether (sulfide) groups is 1. The van der Waals surface area contributed by atoms with Crippen molar-refractivity contribution in [3.63, 3.8) is 0 Å². The summed E-state index contributed by atoms with van der Waals surface area (Å²) in [5, 5.41) is 3.02. The lowest BCUT2D eigenvalue weighted by molar-refractivity contribution is 0.0742. The van der Waals surface area contributed by atoms with E-state index in [1.807, 2.05) is 20.1 Å². The summed E-state index contributed by atoms with van der Waals surface area (Å²) in [5.74, 6) is 0.490. The number of anilines is 1. The van der Waals surface area contributed by atoms with Crippen LogP contribution < -0.4 is 5.32 Å². The Labute approximate surface area is 131 Å².